The van der Waals surface area contributed by atoms with Crippen molar-refractivity contribution in [3.63, 3.8) is 0 Å². The minimum Gasteiger partial charge on any atom is -0.391 e. The molecule has 198 valence electrons. The maximum absolute atomic E-state index is 13.9. The Balaban J connectivity index is 1.80. The zero-order valence-electron chi connectivity index (χ0n) is 19.8. The van der Waals surface area contributed by atoms with Crippen LogP contribution in [-0.2, 0) is 23.6 Å². The van der Waals surface area contributed by atoms with E-state index in [0.29, 0.717) is 36.9 Å². The summed E-state index contributed by atoms with van der Waals surface area (Å²) < 4.78 is 89.0. The van der Waals surface area contributed by atoms with Crippen LogP contribution in [0.15, 0.2) is 24.3 Å². The molecule has 3 atom stereocenters. The van der Waals surface area contributed by atoms with Gasteiger partial charge in [-0.05, 0) is 69.7 Å². The molecule has 11 heteroatoms. The SMILES string of the molecule is Cc1c(C(=O)NC(C)C(O)C2CC2)cc(-c2cc(C(F)(F)F)ccc2C(F)(F)F)n1C[C@H]1CCCO1. The zero-order chi connectivity index (χ0) is 26.4. The fraction of sp³-hybridized carbons (Fsp3) is 0.560. The third-order valence-electron chi connectivity index (χ3n) is 6.93. The number of amides is 1. The monoisotopic (exact) mass is 518 g/mol. The third kappa shape index (κ3) is 5.56. The molecule has 2 unspecified atom stereocenters. The van der Waals surface area contributed by atoms with E-state index in [4.69, 9.17) is 4.74 Å². The minimum atomic E-state index is -4.92. The quantitative estimate of drug-likeness (QED) is 0.472. The Hall–Kier alpha value is -2.53. The maximum atomic E-state index is 13.9. The van der Waals surface area contributed by atoms with Crippen LogP contribution in [-0.4, -0.2) is 40.4 Å². The van der Waals surface area contributed by atoms with Gasteiger partial charge in [0.05, 0.1) is 34.9 Å². The van der Waals surface area contributed by atoms with Crippen molar-refractivity contribution in [1.82, 2.24) is 9.88 Å². The van der Waals surface area contributed by atoms with Gasteiger partial charge < -0.3 is 19.7 Å². The molecule has 1 saturated heterocycles. The predicted octanol–water partition coefficient (Wildman–Crippen LogP) is 5.57. The molecule has 2 aliphatic rings. The number of carbonyl (C=O) groups is 1. The van der Waals surface area contributed by atoms with Gasteiger partial charge in [-0.3, -0.25) is 4.79 Å². The van der Waals surface area contributed by atoms with E-state index < -0.39 is 47.1 Å². The van der Waals surface area contributed by atoms with Gasteiger partial charge in [-0.2, -0.15) is 26.3 Å². The number of alkyl halides is 6. The van der Waals surface area contributed by atoms with Crippen LogP contribution in [0.5, 0.6) is 0 Å². The van der Waals surface area contributed by atoms with Crippen LogP contribution in [0.3, 0.4) is 0 Å². The summed E-state index contributed by atoms with van der Waals surface area (Å²) >= 11 is 0. The molecule has 2 heterocycles. The van der Waals surface area contributed by atoms with Crippen molar-refractivity contribution in [2.24, 2.45) is 5.92 Å². The van der Waals surface area contributed by atoms with Gasteiger partial charge in [-0.25, -0.2) is 0 Å². The molecule has 0 spiro atoms. The molecule has 1 aromatic heterocycles. The zero-order valence-corrected chi connectivity index (χ0v) is 19.8. The Bertz CT molecular complexity index is 1110. The van der Waals surface area contributed by atoms with Gasteiger partial charge in [0, 0.05) is 30.1 Å². The Kier molecular flexibility index (Phi) is 7.18. The molecule has 0 bridgehead atoms. The maximum Gasteiger partial charge on any atom is 0.417 e. The van der Waals surface area contributed by atoms with Crippen LogP contribution in [0, 0.1) is 12.8 Å². The number of nitrogens with one attached hydrogen (secondary N) is 1. The number of hydrogen-bond donors (Lipinski definition) is 2. The molecule has 0 radical (unpaired) electrons. The van der Waals surface area contributed by atoms with Gasteiger partial charge in [0.15, 0.2) is 0 Å². The van der Waals surface area contributed by atoms with E-state index in [1.807, 2.05) is 0 Å². The number of hydrogen-bond acceptors (Lipinski definition) is 3. The lowest BCUT2D eigenvalue weighted by molar-refractivity contribution is -0.141. The van der Waals surface area contributed by atoms with Crippen molar-refractivity contribution in [2.45, 2.75) is 76.7 Å². The molecule has 36 heavy (non-hydrogen) atoms. The predicted molar refractivity (Wildman–Crippen MR) is 119 cm³/mol. The summed E-state index contributed by atoms with van der Waals surface area (Å²) in [5, 5.41) is 13.0. The van der Waals surface area contributed by atoms with Crippen molar-refractivity contribution in [3.8, 4) is 11.3 Å². The molecule has 4 rings (SSSR count). The van der Waals surface area contributed by atoms with Crippen LogP contribution in [0.25, 0.3) is 11.3 Å². The standard InChI is InChI=1S/C25H28F6N2O3/c1-13(22(34)15-5-6-15)32-23(35)18-11-21(33(14(18)2)12-17-4-3-9-36-17)19-10-16(24(26,27)28)7-8-20(19)25(29,30)31/h7-8,10-11,13,15,17,22,34H,3-6,9,12H2,1-2H3,(H,32,35)/t13?,17-,22?/m1/s1. The summed E-state index contributed by atoms with van der Waals surface area (Å²) in [7, 11) is 0. The Morgan fingerprint density at radius 1 is 1.14 bits per heavy atom. The highest BCUT2D eigenvalue weighted by Gasteiger charge is 2.39. The fourth-order valence-corrected chi connectivity index (χ4v) is 4.72. The van der Waals surface area contributed by atoms with Crippen molar-refractivity contribution in [3.05, 3.63) is 46.6 Å². The first-order chi connectivity index (χ1) is 16.8. The molecule has 5 nitrogen and oxygen atoms in total. The lowest BCUT2D eigenvalue weighted by atomic mass is 9.99. The second kappa shape index (κ2) is 9.74. The van der Waals surface area contributed by atoms with E-state index in [-0.39, 0.29) is 29.8 Å². The van der Waals surface area contributed by atoms with E-state index in [9.17, 15) is 36.2 Å². The van der Waals surface area contributed by atoms with E-state index in [2.05, 4.69) is 5.32 Å². The topological polar surface area (TPSA) is 63.5 Å². The van der Waals surface area contributed by atoms with Crippen LogP contribution < -0.4 is 5.32 Å². The van der Waals surface area contributed by atoms with Gasteiger partial charge >= 0.3 is 12.4 Å². The average Bonchev–Trinajstić information content (AvgIpc) is 3.42. The van der Waals surface area contributed by atoms with Crippen molar-refractivity contribution in [1.29, 1.82) is 0 Å². The number of ether oxygens (including phenoxy) is 1. The normalized spacial score (nSPS) is 20.4. The number of nitrogens with zero attached hydrogens (tertiary/aromatic N) is 1. The molecule has 2 N–H and O–H groups in total. The summed E-state index contributed by atoms with van der Waals surface area (Å²) in [6.07, 6.45) is -7.80. The summed E-state index contributed by atoms with van der Waals surface area (Å²) in [4.78, 5) is 13.1. The van der Waals surface area contributed by atoms with Gasteiger partial charge in [0.25, 0.3) is 5.91 Å². The Morgan fingerprint density at radius 3 is 2.39 bits per heavy atom. The van der Waals surface area contributed by atoms with Crippen LogP contribution >= 0.6 is 0 Å². The van der Waals surface area contributed by atoms with Gasteiger partial charge in [-0.1, -0.05) is 0 Å². The lowest BCUT2D eigenvalue weighted by Crippen LogP contribution is -2.42. The van der Waals surface area contributed by atoms with Gasteiger partial charge in [0.1, 0.15) is 0 Å². The second-order valence-corrected chi connectivity index (χ2v) is 9.62. The molecule has 1 saturated carbocycles. The first kappa shape index (κ1) is 26.5. The third-order valence-corrected chi connectivity index (χ3v) is 6.93. The van der Waals surface area contributed by atoms with Gasteiger partial charge in [-0.15, -0.1) is 0 Å². The molecular weight excluding hydrogens is 490 g/mol. The smallest absolute Gasteiger partial charge is 0.391 e. The molecular formula is C25H28F6N2O3. The summed E-state index contributed by atoms with van der Waals surface area (Å²) in [5.41, 5.74) is -2.93. The molecule has 1 aliphatic carbocycles. The number of aliphatic hydroxyl groups excluding tert-OH is 1. The number of aliphatic hydroxyl groups is 1. The molecule has 1 aromatic carbocycles. The highest BCUT2D eigenvalue weighted by atomic mass is 19.4. The average molecular weight is 518 g/mol. The van der Waals surface area contributed by atoms with Crippen LogP contribution in [0.2, 0.25) is 0 Å². The summed E-state index contributed by atoms with van der Waals surface area (Å²) in [6, 6.07) is 1.89. The van der Waals surface area contributed by atoms with Crippen molar-refractivity contribution in [2.75, 3.05) is 6.61 Å². The molecule has 2 fully saturated rings. The van der Waals surface area contributed by atoms with E-state index in [1.54, 1.807) is 6.92 Å². The molecule has 1 amide bonds. The number of rotatable bonds is 7. The number of aromatic nitrogens is 1. The van der Waals surface area contributed by atoms with Gasteiger partial charge in [0.2, 0.25) is 0 Å². The van der Waals surface area contributed by atoms with Crippen LogP contribution in [0.4, 0.5) is 26.3 Å². The molecule has 1 aliphatic heterocycles. The first-order valence-electron chi connectivity index (χ1n) is 11.9. The Labute approximate surface area is 204 Å². The van der Waals surface area contributed by atoms with E-state index in [0.717, 1.165) is 19.3 Å². The van der Waals surface area contributed by atoms with Crippen LogP contribution in [0.1, 0.15) is 59.8 Å². The number of benzene rings is 1. The fourth-order valence-electron chi connectivity index (χ4n) is 4.72. The largest absolute Gasteiger partial charge is 0.417 e. The van der Waals surface area contributed by atoms with Crippen molar-refractivity contribution < 1.29 is 41.0 Å². The number of carbonyl (C=O) groups excluding carboxylic acids is 1. The van der Waals surface area contributed by atoms with Crippen molar-refractivity contribution >= 4 is 5.91 Å². The minimum absolute atomic E-state index is 0.0309. The summed E-state index contributed by atoms with van der Waals surface area (Å²) in [5.74, 6) is -0.534. The molecule has 2 aromatic rings. The first-order valence-corrected chi connectivity index (χ1v) is 11.9. The Morgan fingerprint density at radius 2 is 1.83 bits per heavy atom. The lowest BCUT2D eigenvalue weighted by Gasteiger charge is -2.20. The van der Waals surface area contributed by atoms with E-state index in [1.165, 1.54) is 17.6 Å². The second-order valence-electron chi connectivity index (χ2n) is 9.62. The highest BCUT2D eigenvalue weighted by molar-refractivity contribution is 5.97. The van der Waals surface area contributed by atoms with E-state index >= 15 is 0 Å². The summed E-state index contributed by atoms with van der Waals surface area (Å²) in [6.45, 7) is 3.73. The number of halogens is 6. The highest BCUT2D eigenvalue weighted by Crippen LogP contribution is 2.42.